The van der Waals surface area contributed by atoms with Crippen LogP contribution in [0.4, 0.5) is 5.13 Å². The minimum atomic E-state index is -0.361. The highest BCUT2D eigenvalue weighted by molar-refractivity contribution is 7.15. The summed E-state index contributed by atoms with van der Waals surface area (Å²) in [6, 6.07) is 9.34. The van der Waals surface area contributed by atoms with Gasteiger partial charge in [0.05, 0.1) is 17.8 Å². The van der Waals surface area contributed by atoms with Crippen molar-refractivity contribution in [2.75, 3.05) is 11.9 Å². The molecule has 0 aliphatic carbocycles. The first-order chi connectivity index (χ1) is 14.1. The normalized spacial score (nSPS) is 13.5. The van der Waals surface area contributed by atoms with Crippen molar-refractivity contribution in [3.8, 4) is 0 Å². The number of aromatic amines is 1. The summed E-state index contributed by atoms with van der Waals surface area (Å²) in [5, 5.41) is 7.90. The number of thiazole rings is 1. The Morgan fingerprint density at radius 2 is 2.17 bits per heavy atom. The van der Waals surface area contributed by atoms with Crippen molar-refractivity contribution in [3.63, 3.8) is 0 Å². The average molecular weight is 407 g/mol. The fourth-order valence-electron chi connectivity index (χ4n) is 3.48. The summed E-state index contributed by atoms with van der Waals surface area (Å²) < 4.78 is 4.94. The van der Waals surface area contributed by atoms with Crippen LogP contribution in [0.15, 0.2) is 41.1 Å². The van der Waals surface area contributed by atoms with Gasteiger partial charge in [0.2, 0.25) is 0 Å². The van der Waals surface area contributed by atoms with Crippen molar-refractivity contribution in [2.45, 2.75) is 19.9 Å². The lowest BCUT2D eigenvalue weighted by Gasteiger charge is -2.25. The fraction of sp³-hybridized carbons (Fsp3) is 0.200. The van der Waals surface area contributed by atoms with Gasteiger partial charge in [0.15, 0.2) is 10.8 Å². The number of aromatic nitrogens is 3. The summed E-state index contributed by atoms with van der Waals surface area (Å²) in [4.78, 5) is 35.8. The SMILES string of the molecule is Cc1cc(C(=O)Nc2nc3c(s2)CN(C(=O)c2c[nH]c4ccccc24)CC3)no1. The molecule has 0 spiro atoms. The molecule has 2 amide bonds. The number of carbonyl (C=O) groups is 2. The molecule has 4 aromatic rings. The Morgan fingerprint density at radius 3 is 3.00 bits per heavy atom. The number of nitrogens with one attached hydrogen (secondary N) is 2. The molecule has 8 nitrogen and oxygen atoms in total. The number of nitrogens with zero attached hydrogens (tertiary/aromatic N) is 3. The minimum absolute atomic E-state index is 0.00911. The lowest BCUT2D eigenvalue weighted by Crippen LogP contribution is -2.35. The molecule has 0 saturated heterocycles. The van der Waals surface area contributed by atoms with E-state index in [0.717, 1.165) is 21.5 Å². The first-order valence-electron chi connectivity index (χ1n) is 9.17. The second-order valence-corrected chi connectivity index (χ2v) is 7.97. The van der Waals surface area contributed by atoms with Crippen LogP contribution in [0.1, 0.15) is 37.2 Å². The van der Waals surface area contributed by atoms with Crippen molar-refractivity contribution >= 4 is 39.2 Å². The molecule has 3 aromatic heterocycles. The number of rotatable bonds is 3. The zero-order valence-corrected chi connectivity index (χ0v) is 16.4. The van der Waals surface area contributed by atoms with E-state index in [0.29, 0.717) is 36.0 Å². The second-order valence-electron chi connectivity index (χ2n) is 6.89. The number of H-pyrrole nitrogens is 1. The number of benzene rings is 1. The Labute approximate surface area is 169 Å². The summed E-state index contributed by atoms with van der Waals surface area (Å²) in [5.74, 6) is 0.199. The standard InChI is InChI=1S/C20H17N5O3S/c1-11-8-16(24-28-11)18(26)23-20-22-15-6-7-25(10-17(15)29-20)19(27)13-9-21-14-5-3-2-4-12(13)14/h2-5,8-9,21H,6-7,10H2,1H3,(H,22,23,26). The van der Waals surface area contributed by atoms with Crippen LogP contribution in [0.5, 0.6) is 0 Å². The number of carbonyl (C=O) groups excluding carboxylic acids is 2. The van der Waals surface area contributed by atoms with Gasteiger partial charge < -0.3 is 14.4 Å². The molecule has 0 saturated carbocycles. The van der Waals surface area contributed by atoms with Gasteiger partial charge in [-0.05, 0) is 13.0 Å². The fourth-order valence-corrected chi connectivity index (χ4v) is 4.49. The highest BCUT2D eigenvalue weighted by Crippen LogP contribution is 2.30. The summed E-state index contributed by atoms with van der Waals surface area (Å²) >= 11 is 1.38. The topological polar surface area (TPSA) is 104 Å². The van der Waals surface area contributed by atoms with E-state index in [-0.39, 0.29) is 17.5 Å². The highest BCUT2D eigenvalue weighted by atomic mass is 32.1. The molecule has 29 heavy (non-hydrogen) atoms. The predicted octanol–water partition coefficient (Wildman–Crippen LogP) is 3.37. The van der Waals surface area contributed by atoms with Crippen LogP contribution in [-0.2, 0) is 13.0 Å². The molecule has 0 radical (unpaired) electrons. The van der Waals surface area contributed by atoms with Gasteiger partial charge in [-0.1, -0.05) is 34.7 Å². The molecule has 5 rings (SSSR count). The Bertz CT molecular complexity index is 1240. The van der Waals surface area contributed by atoms with E-state index in [2.05, 4.69) is 20.4 Å². The van der Waals surface area contributed by atoms with Crippen LogP contribution in [0, 0.1) is 6.92 Å². The zero-order chi connectivity index (χ0) is 20.0. The number of hydrogen-bond donors (Lipinski definition) is 2. The number of amides is 2. The van der Waals surface area contributed by atoms with Gasteiger partial charge in [0.25, 0.3) is 11.8 Å². The van der Waals surface area contributed by atoms with Gasteiger partial charge in [-0.15, -0.1) is 0 Å². The van der Waals surface area contributed by atoms with Crippen molar-refractivity contribution < 1.29 is 14.1 Å². The van der Waals surface area contributed by atoms with Gasteiger partial charge in [-0.25, -0.2) is 4.98 Å². The van der Waals surface area contributed by atoms with E-state index in [4.69, 9.17) is 4.52 Å². The van der Waals surface area contributed by atoms with Crippen LogP contribution in [0.3, 0.4) is 0 Å². The van der Waals surface area contributed by atoms with Crippen molar-refractivity contribution in [1.29, 1.82) is 0 Å². The minimum Gasteiger partial charge on any atom is -0.361 e. The summed E-state index contributed by atoms with van der Waals surface area (Å²) in [7, 11) is 0. The highest BCUT2D eigenvalue weighted by Gasteiger charge is 2.27. The molecular formula is C20H17N5O3S. The Hall–Kier alpha value is -3.46. The van der Waals surface area contributed by atoms with Crippen LogP contribution in [-0.4, -0.2) is 38.4 Å². The van der Waals surface area contributed by atoms with E-state index in [1.807, 2.05) is 29.2 Å². The van der Waals surface area contributed by atoms with Crippen LogP contribution < -0.4 is 5.32 Å². The molecule has 4 heterocycles. The number of anilines is 1. The molecule has 0 atom stereocenters. The predicted molar refractivity (Wildman–Crippen MR) is 108 cm³/mol. The van der Waals surface area contributed by atoms with Gasteiger partial charge in [0, 0.05) is 41.0 Å². The van der Waals surface area contributed by atoms with Gasteiger partial charge in [-0.2, -0.15) is 0 Å². The molecule has 1 aromatic carbocycles. The third-order valence-electron chi connectivity index (χ3n) is 4.92. The van der Waals surface area contributed by atoms with Crippen molar-refractivity contribution in [3.05, 3.63) is 64.1 Å². The maximum absolute atomic E-state index is 13.1. The average Bonchev–Trinajstić information content (AvgIpc) is 3.44. The van der Waals surface area contributed by atoms with Crippen LogP contribution in [0.25, 0.3) is 10.9 Å². The molecular weight excluding hydrogens is 390 g/mol. The number of hydrogen-bond acceptors (Lipinski definition) is 6. The molecule has 146 valence electrons. The van der Waals surface area contributed by atoms with Crippen molar-refractivity contribution in [2.24, 2.45) is 0 Å². The van der Waals surface area contributed by atoms with Crippen molar-refractivity contribution in [1.82, 2.24) is 20.0 Å². The second kappa shape index (κ2) is 6.85. The summed E-state index contributed by atoms with van der Waals surface area (Å²) in [6.45, 7) is 2.79. The molecule has 2 N–H and O–H groups in total. The largest absolute Gasteiger partial charge is 0.361 e. The first kappa shape index (κ1) is 17.6. The lowest BCUT2D eigenvalue weighted by atomic mass is 10.1. The molecule has 1 aliphatic rings. The summed E-state index contributed by atoms with van der Waals surface area (Å²) in [6.07, 6.45) is 2.42. The van der Waals surface area contributed by atoms with E-state index >= 15 is 0 Å². The molecule has 0 unspecified atom stereocenters. The Morgan fingerprint density at radius 1 is 1.31 bits per heavy atom. The third kappa shape index (κ3) is 3.19. The Kier molecular flexibility index (Phi) is 4.17. The smallest absolute Gasteiger partial charge is 0.279 e. The maximum atomic E-state index is 13.1. The van der Waals surface area contributed by atoms with E-state index in [9.17, 15) is 9.59 Å². The van der Waals surface area contributed by atoms with E-state index in [1.54, 1.807) is 19.2 Å². The first-order valence-corrected chi connectivity index (χ1v) is 9.99. The molecule has 0 fully saturated rings. The van der Waals surface area contributed by atoms with Gasteiger partial charge in [-0.3, -0.25) is 14.9 Å². The third-order valence-corrected chi connectivity index (χ3v) is 5.92. The summed E-state index contributed by atoms with van der Waals surface area (Å²) in [5.41, 5.74) is 2.75. The number of para-hydroxylation sites is 1. The number of aryl methyl sites for hydroxylation is 1. The van der Waals surface area contributed by atoms with E-state index in [1.165, 1.54) is 11.3 Å². The maximum Gasteiger partial charge on any atom is 0.279 e. The van der Waals surface area contributed by atoms with Gasteiger partial charge >= 0.3 is 0 Å². The van der Waals surface area contributed by atoms with Crippen LogP contribution >= 0.6 is 11.3 Å². The molecule has 9 heteroatoms. The Balaban J connectivity index is 1.33. The monoisotopic (exact) mass is 407 g/mol. The quantitative estimate of drug-likeness (QED) is 0.542. The van der Waals surface area contributed by atoms with E-state index < -0.39 is 0 Å². The van der Waals surface area contributed by atoms with Gasteiger partial charge in [0.1, 0.15) is 5.76 Å². The molecule has 0 bridgehead atoms. The zero-order valence-electron chi connectivity index (χ0n) is 15.6. The lowest BCUT2D eigenvalue weighted by molar-refractivity contribution is 0.0738. The molecule has 1 aliphatic heterocycles. The number of fused-ring (bicyclic) bond motifs is 2. The van der Waals surface area contributed by atoms with Crippen LogP contribution in [0.2, 0.25) is 0 Å².